The molecule has 0 fully saturated rings. The van der Waals surface area contributed by atoms with E-state index in [2.05, 4.69) is 15.9 Å². The van der Waals surface area contributed by atoms with Crippen LogP contribution in [0, 0.1) is 6.92 Å². The predicted octanol–water partition coefficient (Wildman–Crippen LogP) is 3.64. The molecule has 2 rings (SSSR count). The third kappa shape index (κ3) is 3.62. The number of nitrogens with zero attached hydrogens (tertiary/aromatic N) is 1. The van der Waals surface area contributed by atoms with E-state index in [1.54, 1.807) is 0 Å². The maximum Gasteiger partial charge on any atom is 0.183 e. The first-order valence-electron chi connectivity index (χ1n) is 7.45. The van der Waals surface area contributed by atoms with Crippen LogP contribution in [-0.2, 0) is 13.0 Å². The normalized spacial score (nSPS) is 10.7. The monoisotopic (exact) mass is 379 g/mol. The van der Waals surface area contributed by atoms with Gasteiger partial charge in [-0.1, -0.05) is 30.3 Å². The minimum absolute atomic E-state index is 0.0191. The highest BCUT2D eigenvalue weighted by Crippen LogP contribution is 2.47. The predicted molar refractivity (Wildman–Crippen MR) is 96.4 cm³/mol. The number of aromatic hydroxyl groups is 1. The zero-order valence-corrected chi connectivity index (χ0v) is 15.2. The summed E-state index contributed by atoms with van der Waals surface area (Å²) in [4.78, 5) is 1.98. The summed E-state index contributed by atoms with van der Waals surface area (Å²) in [6.45, 7) is 2.62. The molecule has 0 saturated carbocycles. The molecule has 0 aliphatic heterocycles. The van der Waals surface area contributed by atoms with Crippen molar-refractivity contribution in [1.29, 1.82) is 0 Å². The number of methoxy groups -OCH3 is 1. The van der Waals surface area contributed by atoms with Crippen LogP contribution in [0.1, 0.15) is 16.7 Å². The van der Waals surface area contributed by atoms with Crippen LogP contribution in [0.5, 0.6) is 11.5 Å². The van der Waals surface area contributed by atoms with Crippen LogP contribution < -0.4 is 9.64 Å². The highest BCUT2D eigenvalue weighted by molar-refractivity contribution is 9.10. The molecule has 124 valence electrons. The molecule has 0 saturated heterocycles. The lowest BCUT2D eigenvalue weighted by molar-refractivity contribution is 0.299. The van der Waals surface area contributed by atoms with Crippen LogP contribution in [0.3, 0.4) is 0 Å². The van der Waals surface area contributed by atoms with Crippen molar-refractivity contribution in [3.05, 3.63) is 51.5 Å². The summed E-state index contributed by atoms with van der Waals surface area (Å²) in [5.41, 5.74) is 3.71. The Labute approximate surface area is 145 Å². The second-order valence-electron chi connectivity index (χ2n) is 5.46. The molecule has 0 amide bonds. The molecule has 2 N–H and O–H groups in total. The Morgan fingerprint density at radius 2 is 1.87 bits per heavy atom. The molecule has 0 aromatic heterocycles. The van der Waals surface area contributed by atoms with Gasteiger partial charge < -0.3 is 19.8 Å². The molecule has 23 heavy (non-hydrogen) atoms. The third-order valence-electron chi connectivity index (χ3n) is 3.92. The number of benzene rings is 2. The van der Waals surface area contributed by atoms with E-state index in [-0.39, 0.29) is 12.4 Å². The number of aliphatic hydroxyl groups is 1. The van der Waals surface area contributed by atoms with Crippen molar-refractivity contribution >= 4 is 21.6 Å². The van der Waals surface area contributed by atoms with Crippen molar-refractivity contribution in [2.75, 3.05) is 25.7 Å². The van der Waals surface area contributed by atoms with Crippen molar-refractivity contribution in [2.24, 2.45) is 0 Å². The fourth-order valence-corrected chi connectivity index (χ4v) is 3.38. The Morgan fingerprint density at radius 1 is 1.22 bits per heavy atom. The number of halogens is 1. The minimum atomic E-state index is 0.0191. The zero-order valence-electron chi connectivity index (χ0n) is 13.6. The number of phenolic OH excluding ortho intramolecular Hbond substituents is 1. The smallest absolute Gasteiger partial charge is 0.183 e. The van der Waals surface area contributed by atoms with Gasteiger partial charge in [-0.05, 0) is 46.0 Å². The van der Waals surface area contributed by atoms with E-state index in [1.165, 1.54) is 7.11 Å². The van der Waals surface area contributed by atoms with E-state index >= 15 is 0 Å². The fraction of sp³-hybridized carbons (Fsp3) is 0.333. The number of hydrogen-bond donors (Lipinski definition) is 2. The molecule has 0 aliphatic rings. The largest absolute Gasteiger partial charge is 0.503 e. The Bertz CT molecular complexity index is 674. The second kappa shape index (κ2) is 7.70. The van der Waals surface area contributed by atoms with E-state index in [0.717, 1.165) is 21.2 Å². The van der Waals surface area contributed by atoms with Gasteiger partial charge in [-0.2, -0.15) is 0 Å². The summed E-state index contributed by atoms with van der Waals surface area (Å²) in [6, 6.07) is 10.0. The number of ether oxygens (including phenoxy) is 1. The summed E-state index contributed by atoms with van der Waals surface area (Å²) in [5, 5.41) is 20.1. The van der Waals surface area contributed by atoms with Gasteiger partial charge >= 0.3 is 0 Å². The highest BCUT2D eigenvalue weighted by atomic mass is 79.9. The molecule has 0 radical (unpaired) electrons. The third-order valence-corrected chi connectivity index (χ3v) is 4.87. The standard InChI is InChI=1S/C18H22BrNO3/c1-12-14(9-10-21)16(17(22)18(23-3)15(12)19)20(2)11-13-7-5-4-6-8-13/h4-8,21-22H,9-11H2,1-3H3. The molecule has 0 spiro atoms. The van der Waals surface area contributed by atoms with Gasteiger partial charge in [0, 0.05) is 20.2 Å². The lowest BCUT2D eigenvalue weighted by Crippen LogP contribution is -2.19. The lowest BCUT2D eigenvalue weighted by atomic mass is 10.0. The van der Waals surface area contributed by atoms with E-state index in [4.69, 9.17) is 4.74 Å². The van der Waals surface area contributed by atoms with E-state index < -0.39 is 0 Å². The van der Waals surface area contributed by atoms with E-state index in [9.17, 15) is 10.2 Å². The Balaban J connectivity index is 2.52. The molecule has 0 heterocycles. The topological polar surface area (TPSA) is 52.9 Å². The number of anilines is 1. The molecular weight excluding hydrogens is 358 g/mol. The Kier molecular flexibility index (Phi) is 5.91. The van der Waals surface area contributed by atoms with Gasteiger partial charge in [0.2, 0.25) is 0 Å². The average molecular weight is 380 g/mol. The van der Waals surface area contributed by atoms with Crippen LogP contribution >= 0.6 is 15.9 Å². The molecule has 4 nitrogen and oxygen atoms in total. The molecule has 0 aliphatic carbocycles. The van der Waals surface area contributed by atoms with Gasteiger partial charge in [-0.25, -0.2) is 0 Å². The Morgan fingerprint density at radius 3 is 2.43 bits per heavy atom. The molecule has 0 atom stereocenters. The summed E-state index contributed by atoms with van der Waals surface area (Å²) >= 11 is 3.48. The van der Waals surface area contributed by atoms with Gasteiger partial charge in [0.05, 0.1) is 17.3 Å². The second-order valence-corrected chi connectivity index (χ2v) is 6.26. The van der Waals surface area contributed by atoms with E-state index in [0.29, 0.717) is 24.4 Å². The summed E-state index contributed by atoms with van der Waals surface area (Å²) < 4.78 is 6.06. The van der Waals surface area contributed by atoms with Crippen LogP contribution in [0.15, 0.2) is 34.8 Å². The van der Waals surface area contributed by atoms with Crippen LogP contribution in [0.4, 0.5) is 5.69 Å². The van der Waals surface area contributed by atoms with Crippen molar-refractivity contribution in [3.8, 4) is 11.5 Å². The van der Waals surface area contributed by atoms with E-state index in [1.807, 2.05) is 49.2 Å². The first-order valence-corrected chi connectivity index (χ1v) is 8.24. The molecule has 0 unspecified atom stereocenters. The SMILES string of the molecule is COc1c(O)c(N(C)Cc2ccccc2)c(CCO)c(C)c1Br. The average Bonchev–Trinajstić information content (AvgIpc) is 2.54. The van der Waals surface area contributed by atoms with Gasteiger partial charge in [0.1, 0.15) is 0 Å². The fourth-order valence-electron chi connectivity index (χ4n) is 2.79. The minimum Gasteiger partial charge on any atom is -0.503 e. The van der Waals surface area contributed by atoms with Crippen molar-refractivity contribution in [3.63, 3.8) is 0 Å². The van der Waals surface area contributed by atoms with Crippen LogP contribution in [-0.4, -0.2) is 31.0 Å². The molecule has 0 bridgehead atoms. The highest BCUT2D eigenvalue weighted by Gasteiger charge is 2.23. The zero-order chi connectivity index (χ0) is 17.0. The summed E-state index contributed by atoms with van der Waals surface area (Å²) in [7, 11) is 3.46. The summed E-state index contributed by atoms with van der Waals surface area (Å²) in [6.07, 6.45) is 0.469. The van der Waals surface area contributed by atoms with Crippen LogP contribution in [0.2, 0.25) is 0 Å². The maximum atomic E-state index is 10.7. The van der Waals surface area contributed by atoms with Crippen molar-refractivity contribution in [2.45, 2.75) is 19.9 Å². The number of phenols is 1. The lowest BCUT2D eigenvalue weighted by Gasteiger charge is -2.27. The summed E-state index contributed by atoms with van der Waals surface area (Å²) in [5.74, 6) is 0.506. The van der Waals surface area contributed by atoms with Gasteiger partial charge in [0.15, 0.2) is 11.5 Å². The van der Waals surface area contributed by atoms with Gasteiger partial charge in [0.25, 0.3) is 0 Å². The Hall–Kier alpha value is -1.72. The quantitative estimate of drug-likeness (QED) is 0.804. The number of rotatable bonds is 6. The molecule has 2 aromatic rings. The molecular formula is C18H22BrNO3. The van der Waals surface area contributed by atoms with Gasteiger partial charge in [-0.3, -0.25) is 0 Å². The molecule has 5 heteroatoms. The number of aliphatic hydroxyl groups excluding tert-OH is 1. The number of hydrogen-bond acceptors (Lipinski definition) is 4. The van der Waals surface area contributed by atoms with Crippen molar-refractivity contribution in [1.82, 2.24) is 0 Å². The molecule has 2 aromatic carbocycles. The van der Waals surface area contributed by atoms with Crippen LogP contribution in [0.25, 0.3) is 0 Å². The maximum absolute atomic E-state index is 10.7. The first kappa shape index (κ1) is 17.6. The van der Waals surface area contributed by atoms with Gasteiger partial charge in [-0.15, -0.1) is 0 Å². The first-order chi connectivity index (χ1) is 11.0. The van der Waals surface area contributed by atoms with Crippen molar-refractivity contribution < 1.29 is 14.9 Å².